The smallest absolute Gasteiger partial charge is 0.341 e. The van der Waals surface area contributed by atoms with Gasteiger partial charge >= 0.3 is 6.03 Å². The molecular weight excluding hydrogens is 544 g/mol. The van der Waals surface area contributed by atoms with Crippen LogP contribution in [0.5, 0.6) is 5.88 Å². The van der Waals surface area contributed by atoms with Crippen molar-refractivity contribution in [2.45, 2.75) is 78.6 Å². The Hall–Kier alpha value is -3.22. The number of nitrogens with zero attached hydrogens (tertiary/aromatic N) is 3. The Bertz CT molecular complexity index is 1150. The lowest BCUT2D eigenvalue weighted by Crippen LogP contribution is -2.51. The number of carbonyl (C=O) groups excluding carboxylic acids is 3. The standard InChI is InChI=1S/C29H44N6O5S/c1-7-40-28-25(20(4)16-24(32-28)26(36)31-19(2)3)27(37)30-12-8-21(5)34-13-9-23(10-14-34)35(29(38)33-39-6)17-22-11-15-41-18-22/h11,15-16,18-19,21,23H,7-10,12-14,17H2,1-6H3,(H,30,37)(H,31,36)(H,33,38)/t21-/m1/s1. The number of hydrogen-bond donors (Lipinski definition) is 3. The Labute approximate surface area is 246 Å². The lowest BCUT2D eigenvalue weighted by molar-refractivity contribution is 0.0565. The fraction of sp³-hybridized carbons (Fsp3) is 0.586. The summed E-state index contributed by atoms with van der Waals surface area (Å²) >= 11 is 1.62. The van der Waals surface area contributed by atoms with Gasteiger partial charge in [0.1, 0.15) is 11.3 Å². The zero-order chi connectivity index (χ0) is 29.9. The van der Waals surface area contributed by atoms with Crippen molar-refractivity contribution in [1.29, 1.82) is 0 Å². The van der Waals surface area contributed by atoms with Crippen molar-refractivity contribution in [1.82, 2.24) is 30.9 Å². The van der Waals surface area contributed by atoms with Crippen molar-refractivity contribution < 1.29 is 24.0 Å². The molecule has 226 valence electrons. The Morgan fingerprint density at radius 3 is 2.54 bits per heavy atom. The van der Waals surface area contributed by atoms with Gasteiger partial charge in [-0.25, -0.2) is 15.3 Å². The summed E-state index contributed by atoms with van der Waals surface area (Å²) in [6.45, 7) is 12.6. The molecule has 0 bridgehead atoms. The van der Waals surface area contributed by atoms with Crippen LogP contribution >= 0.6 is 11.3 Å². The molecule has 12 heteroatoms. The van der Waals surface area contributed by atoms with Crippen molar-refractivity contribution in [2.75, 3.05) is 33.4 Å². The van der Waals surface area contributed by atoms with E-state index < -0.39 is 0 Å². The normalized spacial score (nSPS) is 14.9. The highest BCUT2D eigenvalue weighted by atomic mass is 32.1. The molecule has 2 aromatic heterocycles. The van der Waals surface area contributed by atoms with E-state index >= 15 is 0 Å². The average molecular weight is 589 g/mol. The van der Waals surface area contributed by atoms with Gasteiger partial charge in [-0.3, -0.25) is 14.4 Å². The number of nitrogens with one attached hydrogen (secondary N) is 3. The first-order chi connectivity index (χ1) is 19.6. The van der Waals surface area contributed by atoms with E-state index in [2.05, 4.69) is 38.3 Å². The molecule has 11 nitrogen and oxygen atoms in total. The first-order valence-corrected chi connectivity index (χ1v) is 15.2. The van der Waals surface area contributed by atoms with Crippen molar-refractivity contribution in [3.63, 3.8) is 0 Å². The molecule has 1 saturated heterocycles. The number of amides is 4. The number of urea groups is 1. The lowest BCUT2D eigenvalue weighted by Gasteiger charge is -2.40. The highest BCUT2D eigenvalue weighted by Gasteiger charge is 2.30. The van der Waals surface area contributed by atoms with Crippen LogP contribution in [0, 0.1) is 6.92 Å². The lowest BCUT2D eigenvalue weighted by atomic mass is 10.0. The molecule has 0 spiro atoms. The SMILES string of the molecule is CCOc1nc(C(=O)NC(C)C)cc(C)c1C(=O)NCC[C@@H](C)N1CCC(N(Cc2ccsc2)C(=O)NOC)CC1. The second-order valence-electron chi connectivity index (χ2n) is 10.6. The minimum Gasteiger partial charge on any atom is -0.477 e. The first kappa shape index (κ1) is 32.3. The molecule has 1 atom stereocenters. The summed E-state index contributed by atoms with van der Waals surface area (Å²) in [7, 11) is 1.45. The van der Waals surface area contributed by atoms with Gasteiger partial charge in [0.2, 0.25) is 5.88 Å². The highest BCUT2D eigenvalue weighted by molar-refractivity contribution is 7.07. The Kier molecular flexibility index (Phi) is 12.4. The largest absolute Gasteiger partial charge is 0.477 e. The summed E-state index contributed by atoms with van der Waals surface area (Å²) in [5.41, 5.74) is 4.79. The van der Waals surface area contributed by atoms with Gasteiger partial charge in [0.15, 0.2) is 0 Å². The number of pyridine rings is 1. The number of carbonyl (C=O) groups is 3. The number of thiophene rings is 1. The molecule has 2 aromatic rings. The zero-order valence-electron chi connectivity index (χ0n) is 25.0. The number of ether oxygens (including phenoxy) is 1. The fourth-order valence-corrected chi connectivity index (χ4v) is 5.67. The molecule has 0 unspecified atom stereocenters. The summed E-state index contributed by atoms with van der Waals surface area (Å²) in [6, 6.07) is 3.77. The number of hydroxylamine groups is 1. The molecule has 3 rings (SSSR count). The fourth-order valence-electron chi connectivity index (χ4n) is 5.01. The average Bonchev–Trinajstić information content (AvgIpc) is 3.45. The van der Waals surface area contributed by atoms with E-state index in [9.17, 15) is 14.4 Å². The van der Waals surface area contributed by atoms with E-state index in [0.717, 1.165) is 37.9 Å². The maximum absolute atomic E-state index is 13.1. The molecule has 4 amide bonds. The molecular formula is C29H44N6O5S. The van der Waals surface area contributed by atoms with Gasteiger partial charge in [0.05, 0.1) is 13.7 Å². The van der Waals surface area contributed by atoms with E-state index in [1.807, 2.05) is 37.1 Å². The first-order valence-electron chi connectivity index (χ1n) is 14.2. The van der Waals surface area contributed by atoms with E-state index in [4.69, 9.17) is 9.57 Å². The van der Waals surface area contributed by atoms with Crippen molar-refractivity contribution in [3.8, 4) is 5.88 Å². The van der Waals surface area contributed by atoms with Crippen molar-refractivity contribution >= 4 is 29.2 Å². The zero-order valence-corrected chi connectivity index (χ0v) is 25.8. The highest BCUT2D eigenvalue weighted by Crippen LogP contribution is 2.24. The number of aromatic nitrogens is 1. The number of rotatable bonds is 13. The molecule has 41 heavy (non-hydrogen) atoms. The topological polar surface area (TPSA) is 125 Å². The Morgan fingerprint density at radius 2 is 1.93 bits per heavy atom. The molecule has 1 fully saturated rings. The molecule has 0 radical (unpaired) electrons. The molecule has 1 aliphatic heterocycles. The Balaban J connectivity index is 1.54. The number of aryl methyl sites for hydroxylation is 1. The number of likely N-dealkylation sites (tertiary alicyclic amines) is 1. The van der Waals surface area contributed by atoms with Gasteiger partial charge in [0.25, 0.3) is 11.8 Å². The monoisotopic (exact) mass is 588 g/mol. The summed E-state index contributed by atoms with van der Waals surface area (Å²) in [5, 5.41) is 9.91. The van der Waals surface area contributed by atoms with Gasteiger partial charge in [-0.15, -0.1) is 0 Å². The predicted molar refractivity (Wildman–Crippen MR) is 159 cm³/mol. The molecule has 0 saturated carbocycles. The third kappa shape index (κ3) is 9.14. The summed E-state index contributed by atoms with van der Waals surface area (Å²) in [4.78, 5) is 51.8. The van der Waals surface area contributed by atoms with Gasteiger partial charge in [0, 0.05) is 44.3 Å². The molecule has 0 aliphatic carbocycles. The number of piperidine rings is 1. The van der Waals surface area contributed by atoms with Gasteiger partial charge in [-0.2, -0.15) is 11.3 Å². The van der Waals surface area contributed by atoms with E-state index in [1.54, 1.807) is 24.3 Å². The molecule has 3 heterocycles. The van der Waals surface area contributed by atoms with Crippen molar-refractivity contribution in [2.24, 2.45) is 0 Å². The minimum absolute atomic E-state index is 0.0313. The maximum atomic E-state index is 13.1. The van der Waals surface area contributed by atoms with Crippen LogP contribution in [-0.2, 0) is 11.4 Å². The summed E-state index contributed by atoms with van der Waals surface area (Å²) in [5.74, 6) is -0.408. The second-order valence-corrected chi connectivity index (χ2v) is 11.4. The van der Waals surface area contributed by atoms with Crippen LogP contribution in [0.4, 0.5) is 4.79 Å². The third-order valence-corrected chi connectivity index (χ3v) is 7.87. The van der Waals surface area contributed by atoms with Crippen LogP contribution in [0.3, 0.4) is 0 Å². The van der Waals surface area contributed by atoms with Crippen LogP contribution in [-0.4, -0.2) is 84.1 Å². The van der Waals surface area contributed by atoms with Crippen LogP contribution < -0.4 is 20.9 Å². The van der Waals surface area contributed by atoms with E-state index in [1.165, 1.54) is 7.11 Å². The molecule has 1 aliphatic rings. The van der Waals surface area contributed by atoms with E-state index in [0.29, 0.717) is 30.8 Å². The molecule has 3 N–H and O–H groups in total. The predicted octanol–water partition coefficient (Wildman–Crippen LogP) is 3.73. The summed E-state index contributed by atoms with van der Waals surface area (Å²) in [6.07, 6.45) is 2.49. The van der Waals surface area contributed by atoms with Gasteiger partial charge in [-0.1, -0.05) is 0 Å². The van der Waals surface area contributed by atoms with Crippen LogP contribution in [0.1, 0.15) is 78.9 Å². The van der Waals surface area contributed by atoms with E-state index in [-0.39, 0.29) is 47.5 Å². The Morgan fingerprint density at radius 1 is 1.20 bits per heavy atom. The van der Waals surface area contributed by atoms with Crippen LogP contribution in [0.25, 0.3) is 0 Å². The third-order valence-electron chi connectivity index (χ3n) is 7.14. The molecule has 0 aromatic carbocycles. The summed E-state index contributed by atoms with van der Waals surface area (Å²) < 4.78 is 5.65. The van der Waals surface area contributed by atoms with Gasteiger partial charge in [-0.05, 0) is 87.9 Å². The maximum Gasteiger partial charge on any atom is 0.341 e. The van der Waals surface area contributed by atoms with Crippen LogP contribution in [0.2, 0.25) is 0 Å². The van der Waals surface area contributed by atoms with Crippen LogP contribution in [0.15, 0.2) is 22.9 Å². The second kappa shape index (κ2) is 15.7. The quantitative estimate of drug-likeness (QED) is 0.305. The minimum atomic E-state index is -0.303. The van der Waals surface area contributed by atoms with Gasteiger partial charge < -0.3 is 25.2 Å². The number of hydrogen-bond acceptors (Lipinski definition) is 8. The van der Waals surface area contributed by atoms with Crippen molar-refractivity contribution in [3.05, 3.63) is 45.3 Å².